The minimum absolute atomic E-state index is 0.0211. The number of ether oxygens (including phenoxy) is 4. The van der Waals surface area contributed by atoms with Crippen LogP contribution in [-0.2, 0) is 9.53 Å². The summed E-state index contributed by atoms with van der Waals surface area (Å²) in [4.78, 5) is 27.1. The van der Waals surface area contributed by atoms with Gasteiger partial charge in [-0.1, -0.05) is 6.07 Å². The number of rotatable bonds is 4. The van der Waals surface area contributed by atoms with Gasteiger partial charge in [-0.25, -0.2) is 9.79 Å². The van der Waals surface area contributed by atoms with E-state index in [0.717, 1.165) is 0 Å². The Morgan fingerprint density at radius 2 is 2.00 bits per heavy atom. The van der Waals surface area contributed by atoms with Crippen molar-refractivity contribution < 1.29 is 28.7 Å². The average molecular weight is 368 g/mol. The summed E-state index contributed by atoms with van der Waals surface area (Å²) < 4.78 is 20.7. The lowest BCUT2D eigenvalue weighted by Gasteiger charge is -2.02. The Hall–Kier alpha value is -3.88. The highest BCUT2D eigenvalue weighted by Crippen LogP contribution is 2.39. The molecule has 2 heterocycles. The maximum absolute atomic E-state index is 12.2. The van der Waals surface area contributed by atoms with Crippen LogP contribution in [0.2, 0.25) is 0 Å². The van der Waals surface area contributed by atoms with E-state index >= 15 is 0 Å². The van der Waals surface area contributed by atoms with Gasteiger partial charge in [-0.3, -0.25) is 10.1 Å². The van der Waals surface area contributed by atoms with Crippen molar-refractivity contribution in [3.05, 3.63) is 63.3 Å². The van der Waals surface area contributed by atoms with E-state index in [1.807, 2.05) is 0 Å². The van der Waals surface area contributed by atoms with Crippen LogP contribution in [-0.4, -0.2) is 30.7 Å². The molecule has 136 valence electrons. The van der Waals surface area contributed by atoms with Gasteiger partial charge in [0, 0.05) is 5.56 Å². The lowest BCUT2D eigenvalue weighted by atomic mass is 10.1. The largest absolute Gasteiger partial charge is 0.497 e. The molecule has 2 aliphatic heterocycles. The average Bonchev–Trinajstić information content (AvgIpc) is 3.27. The molecule has 0 bridgehead atoms. The molecule has 2 aliphatic rings. The number of fused-ring (bicyclic) bond motifs is 1. The number of carbonyl (C=O) groups is 1. The predicted octanol–water partition coefficient (Wildman–Crippen LogP) is 2.68. The summed E-state index contributed by atoms with van der Waals surface area (Å²) in [5.41, 5.74) is 0.414. The van der Waals surface area contributed by atoms with E-state index in [2.05, 4.69) is 4.99 Å². The second-order valence-electron chi connectivity index (χ2n) is 5.59. The topological polar surface area (TPSA) is 109 Å². The van der Waals surface area contributed by atoms with Gasteiger partial charge < -0.3 is 18.9 Å². The molecule has 27 heavy (non-hydrogen) atoms. The molecule has 0 atom stereocenters. The van der Waals surface area contributed by atoms with Crippen LogP contribution in [0.15, 0.2) is 47.1 Å². The molecule has 0 amide bonds. The van der Waals surface area contributed by atoms with Crippen LogP contribution in [0.3, 0.4) is 0 Å². The smallest absolute Gasteiger partial charge is 0.363 e. The van der Waals surface area contributed by atoms with Crippen LogP contribution in [0.4, 0.5) is 5.69 Å². The summed E-state index contributed by atoms with van der Waals surface area (Å²) in [6.45, 7) is -0.0211. The zero-order valence-corrected chi connectivity index (χ0v) is 14.0. The summed E-state index contributed by atoms with van der Waals surface area (Å²) in [7, 11) is 1.52. The lowest BCUT2D eigenvalue weighted by molar-refractivity contribution is -0.385. The highest BCUT2D eigenvalue weighted by Gasteiger charge is 2.27. The van der Waals surface area contributed by atoms with E-state index in [4.69, 9.17) is 18.9 Å². The maximum Gasteiger partial charge on any atom is 0.363 e. The predicted molar refractivity (Wildman–Crippen MR) is 92.8 cm³/mol. The first kappa shape index (κ1) is 16.6. The highest BCUT2D eigenvalue weighted by atomic mass is 16.7. The van der Waals surface area contributed by atoms with Gasteiger partial charge in [0.15, 0.2) is 17.2 Å². The van der Waals surface area contributed by atoms with Gasteiger partial charge in [-0.15, -0.1) is 0 Å². The molecule has 0 unspecified atom stereocenters. The van der Waals surface area contributed by atoms with Crippen molar-refractivity contribution in [2.75, 3.05) is 13.9 Å². The first-order valence-electron chi connectivity index (χ1n) is 7.80. The van der Waals surface area contributed by atoms with Crippen LogP contribution >= 0.6 is 0 Å². The van der Waals surface area contributed by atoms with Crippen molar-refractivity contribution in [3.63, 3.8) is 0 Å². The van der Waals surface area contributed by atoms with Crippen molar-refractivity contribution in [3.8, 4) is 17.2 Å². The number of carbonyl (C=O) groups excluding carboxylic acids is 1. The van der Waals surface area contributed by atoms with Crippen molar-refractivity contribution in [2.45, 2.75) is 0 Å². The Morgan fingerprint density at radius 3 is 2.74 bits per heavy atom. The first-order valence-corrected chi connectivity index (χ1v) is 7.80. The van der Waals surface area contributed by atoms with Gasteiger partial charge in [-0.2, -0.15) is 0 Å². The van der Waals surface area contributed by atoms with Crippen molar-refractivity contribution >= 4 is 23.6 Å². The Bertz CT molecular complexity index is 1030. The maximum atomic E-state index is 12.2. The molecule has 0 aliphatic carbocycles. The quantitative estimate of drug-likeness (QED) is 0.353. The molecule has 0 spiro atoms. The summed E-state index contributed by atoms with van der Waals surface area (Å²) in [5.74, 6) is 0.595. The molecular weight excluding hydrogens is 356 g/mol. The number of hydrogen-bond donors (Lipinski definition) is 0. The van der Waals surface area contributed by atoms with Crippen LogP contribution < -0.4 is 14.2 Å². The Morgan fingerprint density at radius 1 is 1.22 bits per heavy atom. The number of aliphatic imine (C=N–C) groups is 1. The molecule has 0 aromatic heterocycles. The van der Waals surface area contributed by atoms with Gasteiger partial charge in [0.1, 0.15) is 5.75 Å². The second kappa shape index (κ2) is 6.45. The monoisotopic (exact) mass is 368 g/mol. The molecular formula is C18H12N2O7. The number of nitro groups is 1. The number of hydrogen-bond acceptors (Lipinski definition) is 8. The van der Waals surface area contributed by atoms with Gasteiger partial charge >= 0.3 is 5.97 Å². The van der Waals surface area contributed by atoms with Crippen LogP contribution in [0.5, 0.6) is 17.2 Å². The number of esters is 1. The third-order valence-electron chi connectivity index (χ3n) is 3.95. The Kier molecular flexibility index (Phi) is 3.96. The standard InChI is InChI=1S/C18H12N2O7/c1-24-12-4-2-3-10(5-12)17-19-13(18(21)27-17)6-11-7-15-16(26-9-25-15)8-14(11)20(22)23/h2-8H,9H2,1H3. The van der Waals surface area contributed by atoms with Crippen molar-refractivity contribution in [1.29, 1.82) is 0 Å². The van der Waals surface area contributed by atoms with E-state index in [9.17, 15) is 14.9 Å². The molecule has 2 aromatic rings. The third kappa shape index (κ3) is 3.06. The molecule has 0 saturated heterocycles. The minimum atomic E-state index is -0.709. The minimum Gasteiger partial charge on any atom is -0.497 e. The number of methoxy groups -OCH3 is 1. The fourth-order valence-electron chi connectivity index (χ4n) is 2.66. The molecule has 9 heteroatoms. The van der Waals surface area contributed by atoms with E-state index in [-0.39, 0.29) is 35.4 Å². The first-order chi connectivity index (χ1) is 13.0. The van der Waals surface area contributed by atoms with Gasteiger partial charge in [0.25, 0.3) is 5.69 Å². The Balaban J connectivity index is 1.75. The number of cyclic esters (lactones) is 1. The SMILES string of the molecule is COc1cccc(C2=NC(=Cc3cc4c(cc3[N+](=O)[O-])OCO4)C(=O)O2)c1. The zero-order valence-electron chi connectivity index (χ0n) is 14.0. The Labute approximate surface area is 152 Å². The summed E-state index contributed by atoms with van der Waals surface area (Å²) in [5, 5.41) is 11.3. The fraction of sp³-hybridized carbons (Fsp3) is 0.111. The van der Waals surface area contributed by atoms with Crippen LogP contribution in [0.25, 0.3) is 6.08 Å². The van der Waals surface area contributed by atoms with Crippen LogP contribution in [0, 0.1) is 10.1 Å². The molecule has 0 saturated carbocycles. The van der Waals surface area contributed by atoms with Gasteiger partial charge in [0.2, 0.25) is 12.7 Å². The van der Waals surface area contributed by atoms with Crippen molar-refractivity contribution in [2.24, 2.45) is 4.99 Å². The normalized spacial score (nSPS) is 16.3. The van der Waals surface area contributed by atoms with E-state index in [1.165, 1.54) is 25.3 Å². The third-order valence-corrected chi connectivity index (χ3v) is 3.95. The summed E-state index contributed by atoms with van der Waals surface area (Å²) >= 11 is 0. The van der Waals surface area contributed by atoms with E-state index in [1.54, 1.807) is 24.3 Å². The fourth-order valence-corrected chi connectivity index (χ4v) is 2.66. The van der Waals surface area contributed by atoms with Crippen molar-refractivity contribution in [1.82, 2.24) is 0 Å². The molecule has 2 aromatic carbocycles. The number of nitrogens with zero attached hydrogens (tertiary/aromatic N) is 2. The molecule has 0 radical (unpaired) electrons. The molecule has 0 fully saturated rings. The molecule has 0 N–H and O–H groups in total. The van der Waals surface area contributed by atoms with E-state index in [0.29, 0.717) is 17.1 Å². The molecule has 9 nitrogen and oxygen atoms in total. The van der Waals surface area contributed by atoms with Gasteiger partial charge in [0.05, 0.1) is 23.7 Å². The lowest BCUT2D eigenvalue weighted by Crippen LogP contribution is -2.05. The molecule has 4 rings (SSSR count). The zero-order chi connectivity index (χ0) is 19.0. The van der Waals surface area contributed by atoms with Gasteiger partial charge in [-0.05, 0) is 30.3 Å². The van der Waals surface area contributed by atoms with Crippen LogP contribution in [0.1, 0.15) is 11.1 Å². The number of nitro benzene ring substituents is 1. The summed E-state index contributed by atoms with van der Waals surface area (Å²) in [6.07, 6.45) is 1.29. The summed E-state index contributed by atoms with van der Waals surface area (Å²) in [6, 6.07) is 9.53. The van der Waals surface area contributed by atoms with E-state index < -0.39 is 10.9 Å². The number of benzene rings is 2. The second-order valence-corrected chi connectivity index (χ2v) is 5.59. The highest BCUT2D eigenvalue weighted by molar-refractivity contribution is 6.13.